The average molecular weight is 287 g/mol. The molecule has 3 rings (SSSR count). The van der Waals surface area contributed by atoms with Gasteiger partial charge in [0.1, 0.15) is 11.6 Å². The third kappa shape index (κ3) is 2.86. The molecule has 2 aromatic rings. The van der Waals surface area contributed by atoms with Crippen molar-refractivity contribution in [3.8, 4) is 11.4 Å². The van der Waals surface area contributed by atoms with Gasteiger partial charge in [-0.25, -0.2) is 9.37 Å². The lowest BCUT2D eigenvalue weighted by Crippen LogP contribution is -2.24. The van der Waals surface area contributed by atoms with Crippen LogP contribution in [0.2, 0.25) is 0 Å². The van der Waals surface area contributed by atoms with E-state index >= 15 is 0 Å². The number of rotatable bonds is 3. The number of nitrogens with zero attached hydrogens (tertiary/aromatic N) is 2. The highest BCUT2D eigenvalue weighted by Crippen LogP contribution is 2.35. The van der Waals surface area contributed by atoms with Crippen molar-refractivity contribution in [1.82, 2.24) is 9.55 Å². The van der Waals surface area contributed by atoms with Crippen LogP contribution in [-0.4, -0.2) is 16.1 Å². The molecule has 1 aliphatic carbocycles. The van der Waals surface area contributed by atoms with Crippen molar-refractivity contribution in [3.05, 3.63) is 42.0 Å². The van der Waals surface area contributed by atoms with Gasteiger partial charge in [0.15, 0.2) is 0 Å². The molecule has 0 saturated heterocycles. The summed E-state index contributed by atoms with van der Waals surface area (Å²) in [5, 5.41) is 0. The normalized spacial score (nSPS) is 22.4. The predicted octanol–water partition coefficient (Wildman–Crippen LogP) is 3.69. The molecule has 0 amide bonds. The standard InChI is InChI=1S/C17H22FN3/c1-12-5-6-15(16(18)9-12)17-20-7-8-21(17)14-4-2-3-13(10-14)11-19/h5-9,13-14H,2-4,10-11,19H2,1H3/t13-,14+/m0/s1. The summed E-state index contributed by atoms with van der Waals surface area (Å²) in [6, 6.07) is 5.71. The fourth-order valence-electron chi connectivity index (χ4n) is 3.35. The zero-order valence-electron chi connectivity index (χ0n) is 12.4. The van der Waals surface area contributed by atoms with Crippen LogP contribution in [0.25, 0.3) is 11.4 Å². The van der Waals surface area contributed by atoms with Crippen LogP contribution in [0.15, 0.2) is 30.6 Å². The maximum atomic E-state index is 14.2. The molecule has 2 N–H and O–H groups in total. The van der Waals surface area contributed by atoms with Gasteiger partial charge in [0.25, 0.3) is 0 Å². The van der Waals surface area contributed by atoms with Gasteiger partial charge in [0, 0.05) is 18.4 Å². The minimum Gasteiger partial charge on any atom is -0.330 e. The molecule has 0 unspecified atom stereocenters. The maximum Gasteiger partial charge on any atom is 0.143 e. The average Bonchev–Trinajstić information content (AvgIpc) is 2.96. The Morgan fingerprint density at radius 3 is 3.00 bits per heavy atom. The summed E-state index contributed by atoms with van der Waals surface area (Å²) in [5.41, 5.74) is 7.33. The lowest BCUT2D eigenvalue weighted by atomic mass is 9.85. The second kappa shape index (κ2) is 5.98. The van der Waals surface area contributed by atoms with E-state index in [-0.39, 0.29) is 5.82 Å². The van der Waals surface area contributed by atoms with E-state index in [1.165, 1.54) is 12.8 Å². The smallest absolute Gasteiger partial charge is 0.143 e. The highest BCUT2D eigenvalue weighted by atomic mass is 19.1. The number of hydrogen-bond acceptors (Lipinski definition) is 2. The highest BCUT2D eigenvalue weighted by Gasteiger charge is 2.24. The first-order valence-corrected chi connectivity index (χ1v) is 7.68. The molecule has 112 valence electrons. The van der Waals surface area contributed by atoms with E-state index in [2.05, 4.69) is 9.55 Å². The van der Waals surface area contributed by atoms with E-state index in [1.54, 1.807) is 12.3 Å². The topological polar surface area (TPSA) is 43.8 Å². The van der Waals surface area contributed by atoms with Crippen molar-refractivity contribution < 1.29 is 4.39 Å². The largest absolute Gasteiger partial charge is 0.330 e. The zero-order chi connectivity index (χ0) is 14.8. The Balaban J connectivity index is 1.93. The summed E-state index contributed by atoms with van der Waals surface area (Å²) >= 11 is 0. The summed E-state index contributed by atoms with van der Waals surface area (Å²) in [4.78, 5) is 4.39. The van der Waals surface area contributed by atoms with Gasteiger partial charge >= 0.3 is 0 Å². The van der Waals surface area contributed by atoms with Crippen LogP contribution in [0.1, 0.15) is 37.3 Å². The number of imidazole rings is 1. The number of halogens is 1. The molecular weight excluding hydrogens is 265 g/mol. The van der Waals surface area contributed by atoms with Crippen molar-refractivity contribution in [2.75, 3.05) is 6.54 Å². The molecule has 2 atom stereocenters. The Morgan fingerprint density at radius 2 is 2.24 bits per heavy atom. The van der Waals surface area contributed by atoms with Crippen LogP contribution in [0.5, 0.6) is 0 Å². The quantitative estimate of drug-likeness (QED) is 0.935. The molecular formula is C17H22FN3. The zero-order valence-corrected chi connectivity index (χ0v) is 12.4. The van der Waals surface area contributed by atoms with Gasteiger partial charge < -0.3 is 10.3 Å². The van der Waals surface area contributed by atoms with E-state index < -0.39 is 0 Å². The van der Waals surface area contributed by atoms with Gasteiger partial charge in [-0.3, -0.25) is 0 Å². The fraction of sp³-hybridized carbons (Fsp3) is 0.471. The van der Waals surface area contributed by atoms with Gasteiger partial charge in [0.2, 0.25) is 0 Å². The number of aryl methyl sites for hydroxylation is 1. The molecule has 1 aromatic heterocycles. The van der Waals surface area contributed by atoms with E-state index in [4.69, 9.17) is 5.73 Å². The molecule has 0 radical (unpaired) electrons. The summed E-state index contributed by atoms with van der Waals surface area (Å²) in [7, 11) is 0. The van der Waals surface area contributed by atoms with Gasteiger partial charge in [-0.2, -0.15) is 0 Å². The Kier molecular flexibility index (Phi) is 4.06. The monoisotopic (exact) mass is 287 g/mol. The van der Waals surface area contributed by atoms with Gasteiger partial charge in [-0.15, -0.1) is 0 Å². The fourth-order valence-corrected chi connectivity index (χ4v) is 3.35. The van der Waals surface area contributed by atoms with E-state index in [1.807, 2.05) is 25.3 Å². The SMILES string of the molecule is Cc1ccc(-c2nccn2[C@@H]2CCC[C@H](CN)C2)c(F)c1. The lowest BCUT2D eigenvalue weighted by molar-refractivity contribution is 0.273. The molecule has 0 bridgehead atoms. The first kappa shape index (κ1) is 14.3. The van der Waals surface area contributed by atoms with Gasteiger partial charge in [0.05, 0.1) is 5.56 Å². The van der Waals surface area contributed by atoms with Crippen LogP contribution < -0.4 is 5.73 Å². The second-order valence-corrected chi connectivity index (χ2v) is 6.06. The third-order valence-electron chi connectivity index (χ3n) is 4.52. The number of nitrogens with two attached hydrogens (primary N) is 1. The summed E-state index contributed by atoms with van der Waals surface area (Å²) in [6.07, 6.45) is 8.30. The summed E-state index contributed by atoms with van der Waals surface area (Å²) < 4.78 is 16.4. The van der Waals surface area contributed by atoms with E-state index in [9.17, 15) is 4.39 Å². The first-order valence-electron chi connectivity index (χ1n) is 7.68. The van der Waals surface area contributed by atoms with Crippen LogP contribution in [-0.2, 0) is 0 Å². The lowest BCUT2D eigenvalue weighted by Gasteiger charge is -2.30. The van der Waals surface area contributed by atoms with Crippen molar-refractivity contribution in [2.24, 2.45) is 11.7 Å². The molecule has 4 heteroatoms. The highest BCUT2D eigenvalue weighted by molar-refractivity contribution is 5.57. The molecule has 1 aliphatic rings. The first-order chi connectivity index (χ1) is 10.2. The Bertz CT molecular complexity index is 620. The molecule has 1 heterocycles. The minimum absolute atomic E-state index is 0.200. The molecule has 21 heavy (non-hydrogen) atoms. The van der Waals surface area contributed by atoms with Crippen LogP contribution in [0, 0.1) is 18.7 Å². The number of aromatic nitrogens is 2. The van der Waals surface area contributed by atoms with Crippen molar-refractivity contribution in [3.63, 3.8) is 0 Å². The predicted molar refractivity (Wildman–Crippen MR) is 82.4 cm³/mol. The Morgan fingerprint density at radius 1 is 1.38 bits per heavy atom. The second-order valence-electron chi connectivity index (χ2n) is 6.06. The van der Waals surface area contributed by atoms with Gasteiger partial charge in [-0.1, -0.05) is 12.5 Å². The molecule has 0 aliphatic heterocycles. The minimum atomic E-state index is -0.200. The van der Waals surface area contributed by atoms with Crippen LogP contribution in [0.3, 0.4) is 0 Å². The van der Waals surface area contributed by atoms with Crippen molar-refractivity contribution in [2.45, 2.75) is 38.6 Å². The van der Waals surface area contributed by atoms with Crippen molar-refractivity contribution >= 4 is 0 Å². The molecule has 0 spiro atoms. The van der Waals surface area contributed by atoms with Crippen LogP contribution in [0.4, 0.5) is 4.39 Å². The molecule has 3 nitrogen and oxygen atoms in total. The molecule has 1 fully saturated rings. The van der Waals surface area contributed by atoms with Crippen LogP contribution >= 0.6 is 0 Å². The Labute approximate surface area is 125 Å². The number of benzene rings is 1. The summed E-state index contributed by atoms with van der Waals surface area (Å²) in [5.74, 6) is 1.10. The van der Waals surface area contributed by atoms with E-state index in [0.717, 1.165) is 30.8 Å². The van der Waals surface area contributed by atoms with E-state index in [0.29, 0.717) is 17.5 Å². The summed E-state index contributed by atoms with van der Waals surface area (Å²) in [6.45, 7) is 2.63. The maximum absolute atomic E-state index is 14.2. The number of hydrogen-bond donors (Lipinski definition) is 1. The molecule has 1 aromatic carbocycles. The Hall–Kier alpha value is -1.68. The third-order valence-corrected chi connectivity index (χ3v) is 4.52. The molecule has 1 saturated carbocycles. The van der Waals surface area contributed by atoms with Crippen molar-refractivity contribution in [1.29, 1.82) is 0 Å². The van der Waals surface area contributed by atoms with Gasteiger partial charge in [-0.05, 0) is 56.3 Å².